The Kier molecular flexibility index (Phi) is 3.43. The number of fused-ring (bicyclic) bond motifs is 1. The van der Waals surface area contributed by atoms with Crippen LogP contribution in [0.3, 0.4) is 0 Å². The van der Waals surface area contributed by atoms with Crippen LogP contribution in [0.1, 0.15) is 25.3 Å². The lowest BCUT2D eigenvalue weighted by atomic mass is 10.0. The molecule has 3 aromatic rings. The summed E-state index contributed by atoms with van der Waals surface area (Å²) in [7, 11) is 1.79. The Balaban J connectivity index is 1.95. The van der Waals surface area contributed by atoms with Gasteiger partial charge in [-0.2, -0.15) is 9.97 Å². The van der Waals surface area contributed by atoms with E-state index in [0.717, 1.165) is 11.2 Å². The fourth-order valence-corrected chi connectivity index (χ4v) is 2.12. The van der Waals surface area contributed by atoms with Crippen molar-refractivity contribution < 1.29 is 0 Å². The summed E-state index contributed by atoms with van der Waals surface area (Å²) in [6.07, 6.45) is 1.62. The van der Waals surface area contributed by atoms with Crippen LogP contribution in [0.25, 0.3) is 11.2 Å². The molecule has 0 spiro atoms. The lowest BCUT2D eigenvalue weighted by Gasteiger charge is -2.10. The minimum Gasteiger partial charge on any atom is -0.357 e. The molecule has 0 amide bonds. The van der Waals surface area contributed by atoms with E-state index in [2.05, 4.69) is 68.7 Å². The van der Waals surface area contributed by atoms with Gasteiger partial charge in [0.2, 0.25) is 5.95 Å². The summed E-state index contributed by atoms with van der Waals surface area (Å²) in [4.78, 5) is 16.0. The third-order valence-corrected chi connectivity index (χ3v) is 3.35. The van der Waals surface area contributed by atoms with Crippen LogP contribution < -0.4 is 10.6 Å². The van der Waals surface area contributed by atoms with Gasteiger partial charge in [-0.3, -0.25) is 0 Å². The van der Waals surface area contributed by atoms with Crippen LogP contribution in [-0.2, 0) is 0 Å². The van der Waals surface area contributed by atoms with E-state index in [0.29, 0.717) is 23.3 Å². The first-order chi connectivity index (χ1) is 10.2. The van der Waals surface area contributed by atoms with Crippen LogP contribution in [0.4, 0.5) is 17.5 Å². The molecule has 0 unspecified atom stereocenters. The molecule has 0 bridgehead atoms. The summed E-state index contributed by atoms with van der Waals surface area (Å²) in [6, 6.07) is 8.35. The highest BCUT2D eigenvalue weighted by atomic mass is 15.2. The Hall–Kier alpha value is -2.63. The summed E-state index contributed by atoms with van der Waals surface area (Å²) in [6.45, 7) is 4.36. The van der Waals surface area contributed by atoms with Crippen molar-refractivity contribution in [2.45, 2.75) is 19.8 Å². The zero-order valence-corrected chi connectivity index (χ0v) is 12.3. The van der Waals surface area contributed by atoms with Crippen LogP contribution in [0, 0.1) is 0 Å². The summed E-state index contributed by atoms with van der Waals surface area (Å²) >= 11 is 0. The second-order valence-corrected chi connectivity index (χ2v) is 5.15. The van der Waals surface area contributed by atoms with Gasteiger partial charge >= 0.3 is 0 Å². The molecule has 0 atom stereocenters. The third-order valence-electron chi connectivity index (χ3n) is 3.35. The van der Waals surface area contributed by atoms with Gasteiger partial charge < -0.3 is 15.6 Å². The Bertz CT molecular complexity index is 744. The molecule has 3 rings (SSSR count). The van der Waals surface area contributed by atoms with E-state index in [-0.39, 0.29) is 0 Å². The Morgan fingerprint density at radius 3 is 2.52 bits per heavy atom. The number of imidazole rings is 1. The number of nitrogens with zero attached hydrogens (tertiary/aromatic N) is 3. The first-order valence-corrected chi connectivity index (χ1v) is 6.93. The predicted molar refractivity (Wildman–Crippen MR) is 85.0 cm³/mol. The van der Waals surface area contributed by atoms with Crippen molar-refractivity contribution in [3.05, 3.63) is 36.2 Å². The maximum Gasteiger partial charge on any atom is 0.226 e. The number of aromatic nitrogens is 4. The van der Waals surface area contributed by atoms with Crippen LogP contribution in [0.5, 0.6) is 0 Å². The number of anilines is 3. The van der Waals surface area contributed by atoms with Crippen molar-refractivity contribution in [2.75, 3.05) is 17.7 Å². The fourth-order valence-electron chi connectivity index (χ4n) is 2.12. The monoisotopic (exact) mass is 282 g/mol. The molecular weight excluding hydrogens is 264 g/mol. The molecule has 0 aliphatic heterocycles. The van der Waals surface area contributed by atoms with Crippen LogP contribution in [0.2, 0.25) is 0 Å². The van der Waals surface area contributed by atoms with Gasteiger partial charge in [0.25, 0.3) is 0 Å². The zero-order valence-electron chi connectivity index (χ0n) is 12.3. The first kappa shape index (κ1) is 13.4. The summed E-state index contributed by atoms with van der Waals surface area (Å²) in [5.41, 5.74) is 3.72. The Morgan fingerprint density at radius 2 is 1.86 bits per heavy atom. The third kappa shape index (κ3) is 2.65. The zero-order chi connectivity index (χ0) is 14.8. The molecule has 2 heterocycles. The van der Waals surface area contributed by atoms with Crippen molar-refractivity contribution in [1.82, 2.24) is 19.9 Å². The molecule has 0 aliphatic rings. The van der Waals surface area contributed by atoms with E-state index in [4.69, 9.17) is 0 Å². The van der Waals surface area contributed by atoms with Gasteiger partial charge in [0, 0.05) is 12.7 Å². The largest absolute Gasteiger partial charge is 0.357 e. The van der Waals surface area contributed by atoms with E-state index in [9.17, 15) is 0 Å². The van der Waals surface area contributed by atoms with Gasteiger partial charge in [-0.25, -0.2) is 4.98 Å². The molecule has 6 nitrogen and oxygen atoms in total. The lowest BCUT2D eigenvalue weighted by molar-refractivity contribution is 0.867. The molecule has 3 N–H and O–H groups in total. The number of hydrogen-bond donors (Lipinski definition) is 3. The summed E-state index contributed by atoms with van der Waals surface area (Å²) in [5.74, 6) is 1.77. The number of rotatable bonds is 4. The lowest BCUT2D eigenvalue weighted by Crippen LogP contribution is -2.02. The maximum atomic E-state index is 4.44. The van der Waals surface area contributed by atoms with Crippen molar-refractivity contribution in [3.8, 4) is 0 Å². The second-order valence-electron chi connectivity index (χ2n) is 5.15. The van der Waals surface area contributed by atoms with E-state index in [1.807, 2.05) is 0 Å². The topological polar surface area (TPSA) is 78.5 Å². The van der Waals surface area contributed by atoms with Crippen molar-refractivity contribution in [2.24, 2.45) is 0 Å². The number of nitrogens with one attached hydrogen (secondary N) is 3. The molecule has 0 radical (unpaired) electrons. The highest BCUT2D eigenvalue weighted by Crippen LogP contribution is 2.24. The Labute approximate surface area is 123 Å². The first-order valence-electron chi connectivity index (χ1n) is 6.93. The number of benzene rings is 1. The fraction of sp³-hybridized carbons (Fsp3) is 0.267. The average Bonchev–Trinajstić information content (AvgIpc) is 2.96. The summed E-state index contributed by atoms with van der Waals surface area (Å²) in [5, 5.41) is 6.25. The van der Waals surface area contributed by atoms with Gasteiger partial charge in [-0.1, -0.05) is 26.0 Å². The van der Waals surface area contributed by atoms with E-state index in [1.165, 1.54) is 5.56 Å². The maximum absolute atomic E-state index is 4.44. The van der Waals surface area contributed by atoms with Crippen molar-refractivity contribution >= 4 is 28.6 Å². The molecule has 0 saturated heterocycles. The number of hydrogen-bond acceptors (Lipinski definition) is 5. The van der Waals surface area contributed by atoms with Crippen LogP contribution in [0.15, 0.2) is 30.6 Å². The molecule has 0 fully saturated rings. The predicted octanol–water partition coefficient (Wildman–Crippen LogP) is 3.26. The SMILES string of the molecule is CNc1nc(Nc2ccc(C(C)C)cc2)c2[nH]cnc2n1. The van der Waals surface area contributed by atoms with Gasteiger partial charge in [-0.15, -0.1) is 0 Å². The minimum atomic E-state index is 0.522. The quantitative estimate of drug-likeness (QED) is 0.684. The number of aromatic amines is 1. The van der Waals surface area contributed by atoms with Crippen molar-refractivity contribution in [1.29, 1.82) is 0 Å². The van der Waals surface area contributed by atoms with Gasteiger partial charge in [0.15, 0.2) is 11.5 Å². The van der Waals surface area contributed by atoms with E-state index < -0.39 is 0 Å². The summed E-state index contributed by atoms with van der Waals surface area (Å²) < 4.78 is 0. The number of H-pyrrole nitrogens is 1. The molecular formula is C15H18N6. The standard InChI is InChI=1S/C15H18N6/c1-9(2)10-4-6-11(7-5-10)19-14-12-13(18-8-17-12)20-15(16-3)21-14/h4-9H,1-3H3,(H3,16,17,18,19,20,21). The molecule has 1 aromatic carbocycles. The Morgan fingerprint density at radius 1 is 1.10 bits per heavy atom. The highest BCUT2D eigenvalue weighted by molar-refractivity contribution is 5.86. The highest BCUT2D eigenvalue weighted by Gasteiger charge is 2.09. The molecule has 6 heteroatoms. The van der Waals surface area contributed by atoms with Crippen LogP contribution >= 0.6 is 0 Å². The van der Waals surface area contributed by atoms with Crippen LogP contribution in [-0.4, -0.2) is 27.0 Å². The molecule has 0 aliphatic carbocycles. The van der Waals surface area contributed by atoms with Gasteiger partial charge in [0.1, 0.15) is 5.52 Å². The normalized spacial score (nSPS) is 11.0. The molecule has 21 heavy (non-hydrogen) atoms. The van der Waals surface area contributed by atoms with Gasteiger partial charge in [0.05, 0.1) is 6.33 Å². The minimum absolute atomic E-state index is 0.522. The molecule has 0 saturated carbocycles. The van der Waals surface area contributed by atoms with Crippen molar-refractivity contribution in [3.63, 3.8) is 0 Å². The average molecular weight is 282 g/mol. The van der Waals surface area contributed by atoms with E-state index >= 15 is 0 Å². The van der Waals surface area contributed by atoms with E-state index in [1.54, 1.807) is 13.4 Å². The molecule has 2 aromatic heterocycles. The smallest absolute Gasteiger partial charge is 0.226 e. The van der Waals surface area contributed by atoms with Gasteiger partial charge in [-0.05, 0) is 23.6 Å². The molecule has 108 valence electrons. The second kappa shape index (κ2) is 5.40.